The van der Waals surface area contributed by atoms with E-state index in [2.05, 4.69) is 21.0 Å². The normalized spacial score (nSPS) is 26.5. The molecule has 7 nitrogen and oxygen atoms in total. The molecule has 2 aliphatic heterocycles. The monoisotopic (exact) mass is 422 g/mol. The van der Waals surface area contributed by atoms with Gasteiger partial charge in [-0.3, -0.25) is 0 Å². The van der Waals surface area contributed by atoms with Crippen molar-refractivity contribution in [3.8, 4) is 23.3 Å². The van der Waals surface area contributed by atoms with Crippen molar-refractivity contribution in [3.05, 3.63) is 40.9 Å². The molecule has 3 aliphatic rings. The highest BCUT2D eigenvalue weighted by Crippen LogP contribution is 2.47. The van der Waals surface area contributed by atoms with Crippen molar-refractivity contribution in [2.24, 2.45) is 0 Å². The van der Waals surface area contributed by atoms with E-state index in [1.807, 2.05) is 30.3 Å². The fourth-order valence-electron chi connectivity index (χ4n) is 4.37. The van der Waals surface area contributed by atoms with Crippen LogP contribution in [0.15, 0.2) is 30.3 Å². The lowest BCUT2D eigenvalue weighted by Crippen LogP contribution is -2.32. The summed E-state index contributed by atoms with van der Waals surface area (Å²) in [5, 5.41) is 9.91. The number of benzene rings is 1. The van der Waals surface area contributed by atoms with E-state index >= 15 is 0 Å². The first-order valence-electron chi connectivity index (χ1n) is 10.1. The highest BCUT2D eigenvalue weighted by molar-refractivity contribution is 6.33. The van der Waals surface area contributed by atoms with Crippen molar-refractivity contribution >= 4 is 22.8 Å². The predicted octanol–water partition coefficient (Wildman–Crippen LogP) is 3.77. The highest BCUT2D eigenvalue weighted by atomic mass is 35.5. The maximum Gasteiger partial charge on any atom is 0.296 e. The van der Waals surface area contributed by atoms with Crippen LogP contribution in [0.3, 0.4) is 0 Å². The number of aromatic nitrogens is 3. The summed E-state index contributed by atoms with van der Waals surface area (Å²) >= 11 is 6.52. The molecule has 3 atom stereocenters. The van der Waals surface area contributed by atoms with Gasteiger partial charge in [-0.25, -0.2) is 4.98 Å². The second-order valence-electron chi connectivity index (χ2n) is 8.16. The Kier molecular flexibility index (Phi) is 4.03. The molecule has 1 saturated carbocycles. The number of nitriles is 1. The van der Waals surface area contributed by atoms with E-state index in [1.54, 1.807) is 0 Å². The first-order chi connectivity index (χ1) is 14.6. The molecule has 2 saturated heterocycles. The van der Waals surface area contributed by atoms with Crippen molar-refractivity contribution in [1.82, 2.24) is 15.0 Å². The number of aromatic amines is 1. The standard InChI is InChI=1S/C22H19ClN4O3/c23-14-9-15-20(27-21(25-15)30-17-10-29-16-5-8-28-19(16)17)26-18(14)12-1-3-13(4-2-12)22(11-24)6-7-22/h1-4,9,16-17,19H,5-8,10H2,(H,25,26,27)/t16-,17?,19+/m1/s1. The molecule has 1 N–H and O–H groups in total. The molecule has 0 radical (unpaired) electrons. The van der Waals surface area contributed by atoms with Crippen LogP contribution in [0.25, 0.3) is 22.4 Å². The zero-order valence-electron chi connectivity index (χ0n) is 16.1. The Morgan fingerprint density at radius 3 is 2.80 bits per heavy atom. The summed E-state index contributed by atoms with van der Waals surface area (Å²) in [5.41, 5.74) is 3.52. The lowest BCUT2D eigenvalue weighted by Gasteiger charge is -2.15. The minimum atomic E-state index is -0.305. The molecule has 0 bridgehead atoms. The van der Waals surface area contributed by atoms with E-state index in [4.69, 9.17) is 25.8 Å². The van der Waals surface area contributed by atoms with E-state index in [9.17, 15) is 5.26 Å². The van der Waals surface area contributed by atoms with Crippen LogP contribution in [0.5, 0.6) is 6.01 Å². The first kappa shape index (κ1) is 18.1. The smallest absolute Gasteiger partial charge is 0.296 e. The number of imidazole rings is 1. The lowest BCUT2D eigenvalue weighted by molar-refractivity contribution is 0.0273. The van der Waals surface area contributed by atoms with Crippen LogP contribution in [0.2, 0.25) is 5.02 Å². The van der Waals surface area contributed by atoms with Crippen LogP contribution in [-0.2, 0) is 14.9 Å². The van der Waals surface area contributed by atoms with Gasteiger partial charge in [0.05, 0.1) is 40.4 Å². The first-order valence-corrected chi connectivity index (χ1v) is 10.5. The van der Waals surface area contributed by atoms with Gasteiger partial charge in [-0.1, -0.05) is 35.9 Å². The molecule has 3 fully saturated rings. The van der Waals surface area contributed by atoms with Gasteiger partial charge in [0.25, 0.3) is 6.01 Å². The Hall–Kier alpha value is -2.66. The predicted molar refractivity (Wildman–Crippen MR) is 109 cm³/mol. The van der Waals surface area contributed by atoms with Gasteiger partial charge < -0.3 is 19.2 Å². The zero-order valence-corrected chi connectivity index (χ0v) is 16.9. The van der Waals surface area contributed by atoms with Crippen LogP contribution in [0.1, 0.15) is 24.8 Å². The fourth-order valence-corrected chi connectivity index (χ4v) is 4.63. The minimum Gasteiger partial charge on any atom is -0.456 e. The quantitative estimate of drug-likeness (QED) is 0.688. The third-order valence-electron chi connectivity index (χ3n) is 6.26. The molecule has 4 heterocycles. The lowest BCUT2D eigenvalue weighted by atomic mass is 9.96. The molecule has 0 spiro atoms. The molecule has 1 aliphatic carbocycles. The summed E-state index contributed by atoms with van der Waals surface area (Å²) < 4.78 is 17.5. The summed E-state index contributed by atoms with van der Waals surface area (Å²) in [4.78, 5) is 12.3. The van der Waals surface area contributed by atoms with E-state index in [0.717, 1.165) is 30.4 Å². The Bertz CT molecular complexity index is 1170. The Balaban J connectivity index is 1.28. The number of halogens is 1. The third-order valence-corrected chi connectivity index (χ3v) is 6.55. The largest absolute Gasteiger partial charge is 0.456 e. The van der Waals surface area contributed by atoms with E-state index in [1.165, 1.54) is 0 Å². The summed E-state index contributed by atoms with van der Waals surface area (Å²) in [6, 6.07) is 12.5. The molecule has 30 heavy (non-hydrogen) atoms. The maximum absolute atomic E-state index is 9.39. The minimum absolute atomic E-state index is 0.0491. The highest BCUT2D eigenvalue weighted by Gasteiger charge is 2.45. The SMILES string of the molecule is N#CC1(c2ccc(-c3nc4nc(OC5CO[C@@H]6CCO[C@H]56)[nH]c4cc3Cl)cc2)CC1. The zero-order chi connectivity index (χ0) is 20.3. The van der Waals surface area contributed by atoms with Gasteiger partial charge in [-0.15, -0.1) is 0 Å². The fraction of sp³-hybridized carbons (Fsp3) is 0.409. The topological polar surface area (TPSA) is 93.1 Å². The summed E-state index contributed by atoms with van der Waals surface area (Å²) in [5.74, 6) is 0. The van der Waals surface area contributed by atoms with Gasteiger partial charge in [-0.05, 0) is 30.9 Å². The van der Waals surface area contributed by atoms with E-state index in [-0.39, 0.29) is 23.7 Å². The summed E-state index contributed by atoms with van der Waals surface area (Å²) in [6.45, 7) is 1.19. The van der Waals surface area contributed by atoms with Crippen LogP contribution < -0.4 is 4.74 Å². The summed E-state index contributed by atoms with van der Waals surface area (Å²) in [6.07, 6.45) is 2.62. The number of rotatable bonds is 4. The van der Waals surface area contributed by atoms with Crippen LogP contribution in [0, 0.1) is 11.3 Å². The number of pyridine rings is 1. The average Bonchev–Trinajstić information content (AvgIpc) is 3.06. The van der Waals surface area contributed by atoms with Crippen molar-refractivity contribution in [1.29, 1.82) is 5.26 Å². The Morgan fingerprint density at radius 1 is 1.20 bits per heavy atom. The van der Waals surface area contributed by atoms with Gasteiger partial charge in [0.2, 0.25) is 0 Å². The van der Waals surface area contributed by atoms with Gasteiger partial charge in [0.1, 0.15) is 6.10 Å². The molecule has 8 heteroatoms. The summed E-state index contributed by atoms with van der Waals surface area (Å²) in [7, 11) is 0. The number of nitrogens with one attached hydrogen (secondary N) is 1. The Morgan fingerprint density at radius 2 is 2.03 bits per heavy atom. The van der Waals surface area contributed by atoms with Gasteiger partial charge >= 0.3 is 0 Å². The van der Waals surface area contributed by atoms with Gasteiger partial charge in [0, 0.05) is 12.2 Å². The molecule has 2 aromatic heterocycles. The molecular formula is C22H19ClN4O3. The van der Waals surface area contributed by atoms with E-state index in [0.29, 0.717) is 41.1 Å². The Labute approximate surface area is 177 Å². The number of ether oxygens (including phenoxy) is 3. The number of H-pyrrole nitrogens is 1. The number of nitrogens with zero attached hydrogens (tertiary/aromatic N) is 3. The number of hydrogen-bond donors (Lipinski definition) is 1. The molecule has 3 aromatic rings. The molecule has 1 unspecified atom stereocenters. The third kappa shape index (κ3) is 2.87. The maximum atomic E-state index is 9.39. The second kappa shape index (κ2) is 6.67. The van der Waals surface area contributed by atoms with Crippen LogP contribution >= 0.6 is 11.6 Å². The van der Waals surface area contributed by atoms with Crippen molar-refractivity contribution < 1.29 is 14.2 Å². The van der Waals surface area contributed by atoms with Gasteiger partial charge in [0.15, 0.2) is 11.8 Å². The van der Waals surface area contributed by atoms with Crippen molar-refractivity contribution in [2.75, 3.05) is 13.2 Å². The van der Waals surface area contributed by atoms with E-state index < -0.39 is 0 Å². The molecule has 152 valence electrons. The molecule has 1 aromatic carbocycles. The van der Waals surface area contributed by atoms with Crippen LogP contribution in [0.4, 0.5) is 0 Å². The second-order valence-corrected chi connectivity index (χ2v) is 8.56. The molecule has 0 amide bonds. The molecule has 6 rings (SSSR count). The van der Waals surface area contributed by atoms with Gasteiger partial charge in [-0.2, -0.15) is 10.2 Å². The van der Waals surface area contributed by atoms with Crippen molar-refractivity contribution in [3.63, 3.8) is 0 Å². The number of hydrogen-bond acceptors (Lipinski definition) is 6. The average molecular weight is 423 g/mol. The number of fused-ring (bicyclic) bond motifs is 2. The van der Waals surface area contributed by atoms with Crippen molar-refractivity contribution in [2.45, 2.75) is 43.0 Å². The molecular weight excluding hydrogens is 404 g/mol. The van der Waals surface area contributed by atoms with Crippen LogP contribution in [-0.4, -0.2) is 46.5 Å².